The summed E-state index contributed by atoms with van der Waals surface area (Å²) in [6.07, 6.45) is 3.07. The Morgan fingerprint density at radius 2 is 2.05 bits per heavy atom. The summed E-state index contributed by atoms with van der Waals surface area (Å²) in [5.41, 5.74) is 0. The Bertz CT molecular complexity index is 600. The van der Waals surface area contributed by atoms with Gasteiger partial charge in [-0.3, -0.25) is 4.79 Å². The minimum Gasteiger partial charge on any atom is -0.455 e. The molecule has 2 rings (SSSR count). The van der Waals surface area contributed by atoms with Gasteiger partial charge in [0.1, 0.15) is 10.7 Å². The Balaban J connectivity index is 2.15. The number of aryl methyl sites for hydroxylation is 1. The van der Waals surface area contributed by atoms with Crippen LogP contribution in [0.25, 0.3) is 0 Å². The van der Waals surface area contributed by atoms with Gasteiger partial charge in [0.05, 0.1) is 0 Å². The largest absolute Gasteiger partial charge is 0.455 e. The molecule has 1 saturated heterocycles. The number of halogens is 1. The highest BCUT2D eigenvalue weighted by Crippen LogP contribution is 2.26. The van der Waals surface area contributed by atoms with Crippen LogP contribution in [-0.4, -0.2) is 32.3 Å². The topological polar surface area (TPSA) is 67.6 Å². The third-order valence-electron chi connectivity index (χ3n) is 3.82. The lowest BCUT2D eigenvalue weighted by atomic mass is 9.94. The number of nitrogens with zero attached hydrogens (tertiary/aromatic N) is 1. The molecule has 0 N–H and O–H groups in total. The lowest BCUT2D eigenvalue weighted by molar-refractivity contribution is 0.0655. The highest BCUT2D eigenvalue weighted by atomic mass is 35.7. The van der Waals surface area contributed by atoms with Crippen LogP contribution in [-0.2, 0) is 9.05 Å². The van der Waals surface area contributed by atoms with Gasteiger partial charge in [0.15, 0.2) is 5.76 Å². The van der Waals surface area contributed by atoms with E-state index in [2.05, 4.69) is 6.92 Å². The van der Waals surface area contributed by atoms with E-state index in [9.17, 15) is 13.2 Å². The minimum atomic E-state index is -3.88. The summed E-state index contributed by atoms with van der Waals surface area (Å²) in [6.45, 7) is 4.99. The fourth-order valence-corrected chi connectivity index (χ4v) is 3.61. The number of piperidine rings is 1. The summed E-state index contributed by atoms with van der Waals surface area (Å²) in [5, 5.41) is 0. The van der Waals surface area contributed by atoms with E-state index in [0.717, 1.165) is 19.3 Å². The molecule has 0 aromatic carbocycles. The predicted molar refractivity (Wildman–Crippen MR) is 75.4 cm³/mol. The summed E-state index contributed by atoms with van der Waals surface area (Å²) in [5.74, 6) is 0.578. The van der Waals surface area contributed by atoms with Gasteiger partial charge in [-0.1, -0.05) is 13.3 Å². The van der Waals surface area contributed by atoms with Crippen molar-refractivity contribution in [3.63, 3.8) is 0 Å². The second kappa shape index (κ2) is 5.77. The number of rotatable bonds is 3. The average molecular weight is 320 g/mol. The van der Waals surface area contributed by atoms with Gasteiger partial charge in [-0.2, -0.15) is 0 Å². The second-order valence-corrected chi connectivity index (χ2v) is 7.65. The first-order chi connectivity index (χ1) is 9.32. The number of furan rings is 1. The standard InChI is InChI=1S/C13H18ClNO4S/c1-3-10-4-6-15(7-5-10)13(16)11-8-12(9(2)19-11)20(14,17)18/h8,10H,3-7H2,1-2H3. The molecule has 1 aromatic rings. The van der Waals surface area contributed by atoms with Gasteiger partial charge in [0.25, 0.3) is 15.0 Å². The highest BCUT2D eigenvalue weighted by Gasteiger charge is 2.27. The number of carbonyl (C=O) groups is 1. The monoisotopic (exact) mass is 319 g/mol. The molecular weight excluding hydrogens is 302 g/mol. The summed E-state index contributed by atoms with van der Waals surface area (Å²) in [4.78, 5) is 13.9. The van der Waals surface area contributed by atoms with Crippen LogP contribution in [0.4, 0.5) is 0 Å². The molecular formula is C13H18ClNO4S. The van der Waals surface area contributed by atoms with Crippen LogP contribution in [0.15, 0.2) is 15.4 Å². The van der Waals surface area contributed by atoms with E-state index < -0.39 is 9.05 Å². The van der Waals surface area contributed by atoms with E-state index in [0.29, 0.717) is 19.0 Å². The molecule has 1 fully saturated rings. The van der Waals surface area contributed by atoms with Crippen molar-refractivity contribution >= 4 is 25.6 Å². The number of amides is 1. The summed E-state index contributed by atoms with van der Waals surface area (Å²) in [7, 11) is 1.41. The first-order valence-electron chi connectivity index (χ1n) is 6.67. The first-order valence-corrected chi connectivity index (χ1v) is 8.98. The molecule has 7 heteroatoms. The average Bonchev–Trinajstić information content (AvgIpc) is 2.80. The molecule has 0 aliphatic carbocycles. The molecule has 1 aliphatic heterocycles. The zero-order chi connectivity index (χ0) is 14.9. The molecule has 20 heavy (non-hydrogen) atoms. The molecule has 1 amide bonds. The fourth-order valence-electron chi connectivity index (χ4n) is 2.51. The molecule has 5 nitrogen and oxygen atoms in total. The van der Waals surface area contributed by atoms with E-state index in [1.165, 1.54) is 13.0 Å². The van der Waals surface area contributed by atoms with Crippen LogP contribution in [0.3, 0.4) is 0 Å². The molecule has 112 valence electrons. The molecule has 0 saturated carbocycles. The van der Waals surface area contributed by atoms with E-state index >= 15 is 0 Å². The van der Waals surface area contributed by atoms with Gasteiger partial charge < -0.3 is 9.32 Å². The van der Waals surface area contributed by atoms with E-state index in [1.807, 2.05) is 0 Å². The first kappa shape index (κ1) is 15.4. The van der Waals surface area contributed by atoms with Crippen molar-refractivity contribution in [2.24, 2.45) is 5.92 Å². The highest BCUT2D eigenvalue weighted by molar-refractivity contribution is 8.13. The van der Waals surface area contributed by atoms with Crippen molar-refractivity contribution in [2.75, 3.05) is 13.1 Å². The van der Waals surface area contributed by atoms with Crippen LogP contribution >= 0.6 is 10.7 Å². The fraction of sp³-hybridized carbons (Fsp3) is 0.615. The van der Waals surface area contributed by atoms with Gasteiger partial charge in [0.2, 0.25) is 0 Å². The predicted octanol–water partition coefficient (Wildman–Crippen LogP) is 2.78. The molecule has 1 aromatic heterocycles. The second-order valence-electron chi connectivity index (χ2n) is 5.11. The Kier molecular flexibility index (Phi) is 4.44. The third kappa shape index (κ3) is 3.17. The maximum Gasteiger partial charge on any atom is 0.289 e. The number of carbonyl (C=O) groups excluding carboxylic acids is 1. The van der Waals surface area contributed by atoms with Crippen molar-refractivity contribution in [1.82, 2.24) is 4.90 Å². The molecule has 0 atom stereocenters. The van der Waals surface area contributed by atoms with Gasteiger partial charge in [0, 0.05) is 29.8 Å². The van der Waals surface area contributed by atoms with Gasteiger partial charge in [-0.15, -0.1) is 0 Å². The quantitative estimate of drug-likeness (QED) is 0.803. The summed E-state index contributed by atoms with van der Waals surface area (Å²) >= 11 is 0. The Morgan fingerprint density at radius 3 is 2.50 bits per heavy atom. The zero-order valence-electron chi connectivity index (χ0n) is 11.6. The third-order valence-corrected chi connectivity index (χ3v) is 5.25. The molecule has 0 radical (unpaired) electrons. The normalized spacial score (nSPS) is 17.4. The summed E-state index contributed by atoms with van der Waals surface area (Å²) in [6, 6.07) is 1.21. The lowest BCUT2D eigenvalue weighted by Crippen LogP contribution is -2.38. The number of likely N-dealkylation sites (tertiary alicyclic amines) is 1. The van der Waals surface area contributed by atoms with Crippen molar-refractivity contribution < 1.29 is 17.6 Å². The molecule has 0 unspecified atom stereocenters. The zero-order valence-corrected chi connectivity index (χ0v) is 13.1. The molecule has 1 aliphatic rings. The van der Waals surface area contributed by atoms with Crippen LogP contribution in [0, 0.1) is 12.8 Å². The Hall–Kier alpha value is -1.01. The SMILES string of the molecule is CCC1CCN(C(=O)c2cc(S(=O)(=O)Cl)c(C)o2)CC1. The maximum atomic E-state index is 12.3. The Labute approximate surface area is 123 Å². The lowest BCUT2D eigenvalue weighted by Gasteiger charge is -2.30. The van der Waals surface area contributed by atoms with Crippen molar-refractivity contribution in [3.05, 3.63) is 17.6 Å². The molecule has 0 spiro atoms. The molecule has 2 heterocycles. The van der Waals surface area contributed by atoms with E-state index in [4.69, 9.17) is 15.1 Å². The van der Waals surface area contributed by atoms with Crippen LogP contribution in [0.2, 0.25) is 0 Å². The van der Waals surface area contributed by atoms with Gasteiger partial charge in [-0.05, 0) is 25.7 Å². The number of hydrogen-bond donors (Lipinski definition) is 0. The molecule has 0 bridgehead atoms. The van der Waals surface area contributed by atoms with Gasteiger partial charge in [-0.25, -0.2) is 8.42 Å². The van der Waals surface area contributed by atoms with Crippen molar-refractivity contribution in [1.29, 1.82) is 0 Å². The van der Waals surface area contributed by atoms with Crippen LogP contribution in [0.1, 0.15) is 42.5 Å². The minimum absolute atomic E-state index is 0.0386. The Morgan fingerprint density at radius 1 is 1.45 bits per heavy atom. The summed E-state index contributed by atoms with van der Waals surface area (Å²) < 4.78 is 27.9. The number of hydrogen-bond acceptors (Lipinski definition) is 4. The van der Waals surface area contributed by atoms with Crippen molar-refractivity contribution in [3.8, 4) is 0 Å². The van der Waals surface area contributed by atoms with Crippen molar-refractivity contribution in [2.45, 2.75) is 38.0 Å². The van der Waals surface area contributed by atoms with E-state index in [1.54, 1.807) is 4.90 Å². The maximum absolute atomic E-state index is 12.3. The van der Waals surface area contributed by atoms with Gasteiger partial charge >= 0.3 is 0 Å². The van der Waals surface area contributed by atoms with Crippen LogP contribution < -0.4 is 0 Å². The van der Waals surface area contributed by atoms with E-state index in [-0.39, 0.29) is 22.3 Å². The van der Waals surface area contributed by atoms with Crippen LogP contribution in [0.5, 0.6) is 0 Å². The smallest absolute Gasteiger partial charge is 0.289 e.